The van der Waals surface area contributed by atoms with E-state index < -0.39 is 0 Å². The molecule has 0 radical (unpaired) electrons. The first-order valence-electron chi connectivity index (χ1n) is 8.35. The first-order valence-corrected chi connectivity index (χ1v) is 10.0. The number of thiophene rings is 1. The van der Waals surface area contributed by atoms with Gasteiger partial charge in [-0.05, 0) is 35.7 Å². The Morgan fingerprint density at radius 3 is 2.32 bits per heavy atom. The maximum absolute atomic E-state index is 12.7. The number of nitrogens with zero attached hydrogens (tertiary/aromatic N) is 3. The third-order valence-electron chi connectivity index (χ3n) is 3.79. The molecule has 0 saturated heterocycles. The predicted molar refractivity (Wildman–Crippen MR) is 109 cm³/mol. The molecule has 0 aliphatic rings. The number of carbonyl (C=O) groups excluding carboxylic acids is 2. The third kappa shape index (κ3) is 3.83. The smallest absolute Gasteiger partial charge is 0.271 e. The fraction of sp³-hybridized carbons (Fsp3) is 0. The molecular weight excluding hydrogens is 392 g/mol. The van der Waals surface area contributed by atoms with Gasteiger partial charge < -0.3 is 0 Å². The van der Waals surface area contributed by atoms with E-state index in [2.05, 4.69) is 15.6 Å². The van der Waals surface area contributed by atoms with Crippen LogP contribution in [-0.4, -0.2) is 21.5 Å². The molecule has 0 fully saturated rings. The minimum atomic E-state index is -0.334. The van der Waals surface area contributed by atoms with Gasteiger partial charge in [0.15, 0.2) is 5.01 Å². The molecule has 2 heterocycles. The molecule has 0 bridgehead atoms. The summed E-state index contributed by atoms with van der Waals surface area (Å²) in [5.41, 5.74) is 3.78. The highest BCUT2D eigenvalue weighted by molar-refractivity contribution is 7.15. The summed E-state index contributed by atoms with van der Waals surface area (Å²) >= 11 is 2.49. The lowest BCUT2D eigenvalue weighted by atomic mass is 10.2. The maximum Gasteiger partial charge on any atom is 0.271 e. The monoisotopic (exact) mass is 406 g/mol. The van der Waals surface area contributed by atoms with E-state index in [1.54, 1.807) is 35.0 Å². The first-order chi connectivity index (χ1) is 13.7. The van der Waals surface area contributed by atoms with Gasteiger partial charge in [-0.1, -0.05) is 53.8 Å². The number of ketones is 1. The lowest BCUT2D eigenvalue weighted by Crippen LogP contribution is -2.24. The van der Waals surface area contributed by atoms with Crippen molar-refractivity contribution in [3.63, 3.8) is 0 Å². The molecule has 28 heavy (non-hydrogen) atoms. The Balaban J connectivity index is 1.72. The molecule has 8 heteroatoms. The van der Waals surface area contributed by atoms with Gasteiger partial charge in [-0.2, -0.15) is 5.10 Å². The summed E-state index contributed by atoms with van der Waals surface area (Å²) in [6.45, 7) is 0. The van der Waals surface area contributed by atoms with Crippen LogP contribution in [0.2, 0.25) is 0 Å². The molecule has 0 aliphatic carbocycles. The molecule has 138 valence electrons. The molecule has 0 spiro atoms. The summed E-state index contributed by atoms with van der Waals surface area (Å²) in [6.07, 6.45) is 0. The highest BCUT2D eigenvalue weighted by Gasteiger charge is 2.17. The number of rotatable bonds is 5. The van der Waals surface area contributed by atoms with Gasteiger partial charge in [0.1, 0.15) is 0 Å². The van der Waals surface area contributed by atoms with E-state index in [1.165, 1.54) is 11.3 Å². The van der Waals surface area contributed by atoms with Crippen LogP contribution >= 0.6 is 22.7 Å². The summed E-state index contributed by atoms with van der Waals surface area (Å²) in [5.74, 6) is -0.500. The second kappa shape index (κ2) is 8.12. The number of para-hydroxylation sites is 1. The quantitative estimate of drug-likeness (QED) is 0.407. The van der Waals surface area contributed by atoms with Gasteiger partial charge >= 0.3 is 0 Å². The van der Waals surface area contributed by atoms with Crippen LogP contribution in [0.1, 0.15) is 25.0 Å². The zero-order valence-corrected chi connectivity index (χ0v) is 16.1. The van der Waals surface area contributed by atoms with E-state index in [9.17, 15) is 9.59 Å². The number of nitrogens with one attached hydrogen (secondary N) is 1. The Kier molecular flexibility index (Phi) is 5.22. The number of aromatic nitrogens is 2. The van der Waals surface area contributed by atoms with E-state index in [1.807, 2.05) is 47.8 Å². The maximum atomic E-state index is 12.7. The molecule has 1 N–H and O–H groups in total. The minimum Gasteiger partial charge on any atom is -0.285 e. The molecule has 2 aromatic heterocycles. The Morgan fingerprint density at radius 1 is 0.929 bits per heavy atom. The average Bonchev–Trinajstić information content (AvgIpc) is 3.43. The van der Waals surface area contributed by atoms with Crippen molar-refractivity contribution < 1.29 is 9.59 Å². The zero-order chi connectivity index (χ0) is 19.3. The topological polar surface area (TPSA) is 76.3 Å². The van der Waals surface area contributed by atoms with E-state index in [0.29, 0.717) is 20.2 Å². The molecule has 0 atom stereocenters. The van der Waals surface area contributed by atoms with Gasteiger partial charge in [0.25, 0.3) is 5.91 Å². The highest BCUT2D eigenvalue weighted by Crippen LogP contribution is 2.16. The molecule has 0 unspecified atom stereocenters. The van der Waals surface area contributed by atoms with Gasteiger partial charge in [0.05, 0.1) is 10.6 Å². The van der Waals surface area contributed by atoms with E-state index in [0.717, 1.165) is 17.0 Å². The van der Waals surface area contributed by atoms with Crippen LogP contribution < -0.4 is 10.2 Å². The van der Waals surface area contributed by atoms with Crippen LogP contribution in [-0.2, 0) is 0 Å². The predicted octanol–water partition coefficient (Wildman–Crippen LogP) is 3.47. The van der Waals surface area contributed by atoms with Gasteiger partial charge in [-0.3, -0.25) is 9.59 Å². The van der Waals surface area contributed by atoms with Crippen LogP contribution in [0.4, 0.5) is 0 Å². The average molecular weight is 406 g/mol. The Hall–Kier alpha value is -3.36. The number of amides is 1. The fourth-order valence-electron chi connectivity index (χ4n) is 2.45. The van der Waals surface area contributed by atoms with Gasteiger partial charge in [0.2, 0.25) is 10.6 Å². The van der Waals surface area contributed by atoms with Crippen LogP contribution in [0.5, 0.6) is 0 Å². The third-order valence-corrected chi connectivity index (χ3v) is 5.56. The van der Waals surface area contributed by atoms with E-state index in [4.69, 9.17) is 0 Å². The molecule has 0 aliphatic heterocycles. The van der Waals surface area contributed by atoms with Gasteiger partial charge in [-0.15, -0.1) is 16.4 Å². The van der Waals surface area contributed by atoms with Crippen molar-refractivity contribution in [2.45, 2.75) is 0 Å². The molecule has 0 saturated carbocycles. The number of carbonyl (C=O) groups is 2. The number of hydrogen-bond acceptors (Lipinski definition) is 6. The Labute approximate surface area is 168 Å². The normalized spacial score (nSPS) is 11.4. The summed E-state index contributed by atoms with van der Waals surface area (Å²) in [5, 5.41) is 10.8. The van der Waals surface area contributed by atoms with Gasteiger partial charge in [0, 0.05) is 5.56 Å². The van der Waals surface area contributed by atoms with Crippen LogP contribution in [0.25, 0.3) is 5.69 Å². The molecule has 6 nitrogen and oxygen atoms in total. The largest absolute Gasteiger partial charge is 0.285 e. The van der Waals surface area contributed by atoms with Crippen molar-refractivity contribution in [1.82, 2.24) is 15.2 Å². The Morgan fingerprint density at radius 2 is 1.64 bits per heavy atom. The summed E-state index contributed by atoms with van der Waals surface area (Å²) in [7, 11) is 0. The molecule has 4 rings (SSSR count). The fourth-order valence-corrected chi connectivity index (χ4v) is 4.00. The van der Waals surface area contributed by atoms with Crippen LogP contribution in [0, 0.1) is 0 Å². The second-order valence-electron chi connectivity index (χ2n) is 5.66. The van der Waals surface area contributed by atoms with Crippen molar-refractivity contribution in [3.8, 4) is 5.69 Å². The highest BCUT2D eigenvalue weighted by atomic mass is 32.1. The minimum absolute atomic E-state index is 0.166. The summed E-state index contributed by atoms with van der Waals surface area (Å²) in [4.78, 5) is 26.0. The number of hydrogen-bond donors (Lipinski definition) is 1. The van der Waals surface area contributed by atoms with Crippen molar-refractivity contribution in [3.05, 3.63) is 98.4 Å². The molecule has 1 amide bonds. The standard InChI is InChI=1S/C20H14N4O2S2/c25-17(16-12-7-13-27-16)19-23-24(15-10-5-2-6-11-15)20(28-19)22-21-18(26)14-8-3-1-4-9-14/h1-13H,(H,21,26)/b22-20-. The van der Waals surface area contributed by atoms with Crippen LogP contribution in [0.15, 0.2) is 83.3 Å². The van der Waals surface area contributed by atoms with Crippen molar-refractivity contribution in [2.75, 3.05) is 0 Å². The van der Waals surface area contributed by atoms with E-state index in [-0.39, 0.29) is 11.7 Å². The van der Waals surface area contributed by atoms with Crippen LogP contribution in [0.3, 0.4) is 0 Å². The van der Waals surface area contributed by atoms with Gasteiger partial charge in [-0.25, -0.2) is 10.1 Å². The molecular formula is C20H14N4O2S2. The molecule has 4 aromatic rings. The van der Waals surface area contributed by atoms with Crippen molar-refractivity contribution in [2.24, 2.45) is 5.10 Å². The van der Waals surface area contributed by atoms with Crippen molar-refractivity contribution >= 4 is 34.4 Å². The second-order valence-corrected chi connectivity index (χ2v) is 7.57. The lowest BCUT2D eigenvalue weighted by molar-refractivity contribution is 0.0952. The molecule has 2 aromatic carbocycles. The Bertz CT molecular complexity index is 1160. The SMILES string of the molecule is O=C(N/N=c1\sc(C(=O)c2cccs2)nn1-c1ccccc1)c1ccccc1. The van der Waals surface area contributed by atoms with Crippen molar-refractivity contribution in [1.29, 1.82) is 0 Å². The lowest BCUT2D eigenvalue weighted by Gasteiger charge is -2.01. The summed E-state index contributed by atoms with van der Waals surface area (Å²) < 4.78 is 1.55. The zero-order valence-electron chi connectivity index (χ0n) is 14.5. The van der Waals surface area contributed by atoms with E-state index >= 15 is 0 Å². The number of benzene rings is 2. The first kappa shape index (κ1) is 18.0. The summed E-state index contributed by atoms with van der Waals surface area (Å²) in [6, 6.07) is 21.7.